The fourth-order valence-electron chi connectivity index (χ4n) is 3.90. The maximum Gasteiger partial charge on any atom is 0.247 e. The summed E-state index contributed by atoms with van der Waals surface area (Å²) in [5.41, 5.74) is 2.22. The summed E-state index contributed by atoms with van der Waals surface area (Å²) in [7, 11) is 0. The predicted octanol–water partition coefficient (Wildman–Crippen LogP) is 1.95. The van der Waals surface area contributed by atoms with E-state index in [1.54, 1.807) is 28.7 Å². The average molecular weight is 376 g/mol. The quantitative estimate of drug-likeness (QED) is 0.750. The van der Waals surface area contributed by atoms with Crippen molar-refractivity contribution in [2.75, 3.05) is 18.1 Å². The molecule has 5 rings (SSSR count). The van der Waals surface area contributed by atoms with Crippen LogP contribution in [0.1, 0.15) is 26.2 Å². The summed E-state index contributed by atoms with van der Waals surface area (Å²) >= 11 is 0. The maximum atomic E-state index is 12.8. The molecule has 0 radical (unpaired) electrons. The number of amides is 1. The summed E-state index contributed by atoms with van der Waals surface area (Å²) < 4.78 is 3.59. The Balaban J connectivity index is 1.54. The van der Waals surface area contributed by atoms with Crippen molar-refractivity contribution >= 4 is 17.1 Å². The summed E-state index contributed by atoms with van der Waals surface area (Å²) in [4.78, 5) is 14.4. The minimum absolute atomic E-state index is 0.0896. The summed E-state index contributed by atoms with van der Waals surface area (Å²) in [5.74, 6) is -0.169. The van der Waals surface area contributed by atoms with Crippen LogP contribution in [0.5, 0.6) is 0 Å². The minimum Gasteiger partial charge on any atom is -0.394 e. The van der Waals surface area contributed by atoms with Gasteiger partial charge < -0.3 is 10.0 Å². The Bertz CT molecular complexity index is 1140. The van der Waals surface area contributed by atoms with Gasteiger partial charge in [-0.2, -0.15) is 15.5 Å². The van der Waals surface area contributed by atoms with Crippen LogP contribution in [0.15, 0.2) is 36.9 Å². The van der Waals surface area contributed by atoms with Crippen LogP contribution in [-0.4, -0.2) is 43.6 Å². The molecule has 28 heavy (non-hydrogen) atoms. The average Bonchev–Trinajstić information content (AvgIpc) is 3.05. The number of aliphatic hydroxyl groups is 1. The van der Waals surface area contributed by atoms with Gasteiger partial charge in [-0.15, -0.1) is 0 Å². The number of aromatic nitrogens is 4. The highest BCUT2D eigenvalue weighted by Crippen LogP contribution is 2.43. The van der Waals surface area contributed by atoms with Gasteiger partial charge in [-0.05, 0) is 38.3 Å². The van der Waals surface area contributed by atoms with Crippen molar-refractivity contribution in [3.8, 4) is 17.2 Å². The van der Waals surface area contributed by atoms with Crippen LogP contribution < -0.4 is 4.90 Å². The summed E-state index contributed by atoms with van der Waals surface area (Å²) in [6, 6.07) is 5.95. The molecule has 0 spiro atoms. The normalized spacial score (nSPS) is 23.3. The van der Waals surface area contributed by atoms with Gasteiger partial charge in [-0.3, -0.25) is 9.48 Å². The van der Waals surface area contributed by atoms with Gasteiger partial charge in [0.15, 0.2) is 0 Å². The summed E-state index contributed by atoms with van der Waals surface area (Å²) in [6.07, 6.45) is 9.69. The van der Waals surface area contributed by atoms with Crippen molar-refractivity contribution < 1.29 is 9.90 Å². The molecule has 0 unspecified atom stereocenters. The molecule has 8 heteroatoms. The van der Waals surface area contributed by atoms with Gasteiger partial charge in [-0.1, -0.05) is 0 Å². The van der Waals surface area contributed by atoms with Gasteiger partial charge in [0.1, 0.15) is 5.41 Å². The van der Waals surface area contributed by atoms with Crippen molar-refractivity contribution in [3.63, 3.8) is 0 Å². The number of carbonyl (C=O) groups excluding carboxylic acids is 1. The molecule has 3 aromatic rings. The zero-order valence-electron chi connectivity index (χ0n) is 15.5. The Morgan fingerprint density at radius 2 is 2.07 bits per heavy atom. The first-order valence-corrected chi connectivity index (χ1v) is 9.37. The lowest BCUT2D eigenvalue weighted by molar-refractivity contribution is -0.122. The predicted molar refractivity (Wildman–Crippen MR) is 101 cm³/mol. The fourth-order valence-corrected chi connectivity index (χ4v) is 3.90. The Kier molecular flexibility index (Phi) is 3.43. The van der Waals surface area contributed by atoms with E-state index in [1.807, 2.05) is 29.2 Å². The topological polar surface area (TPSA) is 99.4 Å². The largest absolute Gasteiger partial charge is 0.394 e. The number of anilines is 1. The van der Waals surface area contributed by atoms with E-state index in [0.29, 0.717) is 13.0 Å². The highest BCUT2D eigenvalue weighted by atomic mass is 16.3. The molecule has 1 amide bonds. The highest BCUT2D eigenvalue weighted by molar-refractivity contribution is 6.04. The van der Waals surface area contributed by atoms with Gasteiger partial charge in [0, 0.05) is 36.3 Å². The van der Waals surface area contributed by atoms with Gasteiger partial charge >= 0.3 is 0 Å². The number of aliphatic hydroxyl groups excluding tert-OH is 1. The van der Waals surface area contributed by atoms with Crippen molar-refractivity contribution in [3.05, 3.63) is 36.9 Å². The molecule has 2 aliphatic rings. The number of hydrogen-bond donors (Lipinski definition) is 1. The molecule has 3 aromatic heterocycles. The first-order valence-electron chi connectivity index (χ1n) is 9.37. The molecule has 8 nitrogen and oxygen atoms in total. The third-order valence-corrected chi connectivity index (χ3v) is 6.10. The standard InChI is InChI=1S/C20H20N6O2/c1-19(12-21)5-7-24(18(19)28)16-2-6-22-25-10-14(8-17(16)25)15-9-23-26(11-15)20(13-27)3-4-20/h2,6,8-11,27H,3-5,7,13H2,1H3/t19-/m1/s1. The van der Waals surface area contributed by atoms with Crippen molar-refractivity contribution in [1.29, 1.82) is 5.26 Å². The molecular weight excluding hydrogens is 356 g/mol. The third-order valence-electron chi connectivity index (χ3n) is 6.10. The van der Waals surface area contributed by atoms with E-state index in [9.17, 15) is 15.2 Å². The van der Waals surface area contributed by atoms with Gasteiger partial charge in [-0.25, -0.2) is 4.52 Å². The van der Waals surface area contributed by atoms with Gasteiger partial charge in [0.25, 0.3) is 0 Å². The second-order valence-electron chi connectivity index (χ2n) is 7.98. The summed E-state index contributed by atoms with van der Waals surface area (Å²) in [5, 5.41) is 27.8. The van der Waals surface area contributed by atoms with E-state index in [4.69, 9.17) is 0 Å². The zero-order valence-corrected chi connectivity index (χ0v) is 15.5. The lowest BCUT2D eigenvalue weighted by atomic mass is 9.91. The lowest BCUT2D eigenvalue weighted by Gasteiger charge is -2.18. The maximum absolute atomic E-state index is 12.8. The Labute approximate surface area is 161 Å². The molecule has 1 aliphatic heterocycles. The van der Waals surface area contributed by atoms with Crippen molar-refractivity contribution in [1.82, 2.24) is 19.4 Å². The minimum atomic E-state index is -0.973. The van der Waals surface area contributed by atoms with Gasteiger partial charge in [0.05, 0.1) is 35.6 Å². The van der Waals surface area contributed by atoms with Crippen molar-refractivity contribution in [2.45, 2.75) is 31.7 Å². The molecular formula is C20H20N6O2. The number of carbonyl (C=O) groups is 1. The Hall–Kier alpha value is -3.18. The highest BCUT2D eigenvalue weighted by Gasteiger charge is 2.45. The van der Waals surface area contributed by atoms with Crippen LogP contribution in [0, 0.1) is 16.7 Å². The van der Waals surface area contributed by atoms with Gasteiger partial charge in [0.2, 0.25) is 5.91 Å². The van der Waals surface area contributed by atoms with E-state index in [-0.39, 0.29) is 18.1 Å². The number of hydrogen-bond acceptors (Lipinski definition) is 5. The Morgan fingerprint density at radius 3 is 2.75 bits per heavy atom. The fraction of sp³-hybridized carbons (Fsp3) is 0.400. The molecule has 142 valence electrons. The molecule has 1 saturated heterocycles. The molecule has 1 N–H and O–H groups in total. The second kappa shape index (κ2) is 5.66. The lowest BCUT2D eigenvalue weighted by Crippen LogP contribution is -2.32. The van der Waals surface area contributed by atoms with Crippen LogP contribution >= 0.6 is 0 Å². The van der Waals surface area contributed by atoms with Crippen LogP contribution in [0.4, 0.5) is 5.69 Å². The number of nitriles is 1. The number of rotatable bonds is 4. The first-order chi connectivity index (χ1) is 13.5. The zero-order chi connectivity index (χ0) is 19.5. The summed E-state index contributed by atoms with van der Waals surface area (Å²) in [6.45, 7) is 2.30. The number of fused-ring (bicyclic) bond motifs is 1. The van der Waals surface area contributed by atoms with E-state index in [2.05, 4.69) is 16.3 Å². The van der Waals surface area contributed by atoms with E-state index >= 15 is 0 Å². The smallest absolute Gasteiger partial charge is 0.247 e. The molecule has 1 aliphatic carbocycles. The third kappa shape index (κ3) is 2.29. The van der Waals surface area contributed by atoms with Crippen LogP contribution in [0.2, 0.25) is 0 Å². The molecule has 1 atom stereocenters. The van der Waals surface area contributed by atoms with Crippen LogP contribution in [0.25, 0.3) is 16.6 Å². The Morgan fingerprint density at radius 1 is 1.25 bits per heavy atom. The van der Waals surface area contributed by atoms with Crippen LogP contribution in [0.3, 0.4) is 0 Å². The second-order valence-corrected chi connectivity index (χ2v) is 7.98. The van der Waals surface area contributed by atoms with E-state index in [0.717, 1.165) is 35.2 Å². The molecule has 0 bridgehead atoms. The van der Waals surface area contributed by atoms with Crippen LogP contribution in [-0.2, 0) is 10.3 Å². The molecule has 4 heterocycles. The van der Waals surface area contributed by atoms with E-state index in [1.165, 1.54) is 0 Å². The van der Waals surface area contributed by atoms with E-state index < -0.39 is 5.41 Å². The number of nitrogens with zero attached hydrogens (tertiary/aromatic N) is 6. The monoisotopic (exact) mass is 376 g/mol. The SMILES string of the molecule is C[C@]1(C#N)CCN(c2ccnn3cc(-c4cnn(C5(CO)CC5)c4)cc23)C1=O. The molecule has 2 fully saturated rings. The van der Waals surface area contributed by atoms with Crippen molar-refractivity contribution in [2.24, 2.45) is 5.41 Å². The molecule has 0 aromatic carbocycles. The molecule has 1 saturated carbocycles. The first kappa shape index (κ1) is 17.0.